The van der Waals surface area contributed by atoms with E-state index in [1.54, 1.807) is 0 Å². The van der Waals surface area contributed by atoms with Crippen LogP contribution in [0.15, 0.2) is 54.7 Å². The fraction of sp³-hybridized carbons (Fsp3) is 0.133. The van der Waals surface area contributed by atoms with Crippen LogP contribution in [-0.4, -0.2) is 14.7 Å². The van der Waals surface area contributed by atoms with Crippen LogP contribution in [0.4, 0.5) is 0 Å². The third-order valence-corrected chi connectivity index (χ3v) is 3.07. The number of aliphatic hydroxyl groups is 1. The molecule has 0 saturated heterocycles. The maximum atomic E-state index is 9.22. The van der Waals surface area contributed by atoms with Gasteiger partial charge >= 0.3 is 0 Å². The standard InChI is InChI=1S/C15H14N2O/c18-11-14-5-3-9-17(14)10-13-8-7-12-4-1-2-6-15(12)16-13/h1-9,18H,10-11H2. The van der Waals surface area contributed by atoms with E-state index in [9.17, 15) is 5.11 Å². The van der Waals surface area contributed by atoms with Gasteiger partial charge in [-0.2, -0.15) is 0 Å². The largest absolute Gasteiger partial charge is 0.390 e. The number of hydrogen-bond acceptors (Lipinski definition) is 2. The highest BCUT2D eigenvalue weighted by Crippen LogP contribution is 2.13. The van der Waals surface area contributed by atoms with E-state index in [4.69, 9.17) is 0 Å². The van der Waals surface area contributed by atoms with E-state index in [-0.39, 0.29) is 6.61 Å². The van der Waals surface area contributed by atoms with Gasteiger partial charge in [0.2, 0.25) is 0 Å². The van der Waals surface area contributed by atoms with Crippen molar-refractivity contribution in [2.75, 3.05) is 0 Å². The van der Waals surface area contributed by atoms with E-state index in [1.807, 2.05) is 47.2 Å². The van der Waals surface area contributed by atoms with Crippen LogP contribution in [0.1, 0.15) is 11.4 Å². The number of fused-ring (bicyclic) bond motifs is 1. The minimum Gasteiger partial charge on any atom is -0.390 e. The van der Waals surface area contributed by atoms with E-state index in [1.165, 1.54) is 0 Å². The number of benzene rings is 1. The summed E-state index contributed by atoms with van der Waals surface area (Å²) in [6.07, 6.45) is 1.96. The van der Waals surface area contributed by atoms with Crippen LogP contribution in [-0.2, 0) is 13.2 Å². The Morgan fingerprint density at radius 3 is 2.78 bits per heavy atom. The predicted octanol–water partition coefficient (Wildman–Crippen LogP) is 2.58. The predicted molar refractivity (Wildman–Crippen MR) is 71.2 cm³/mol. The Morgan fingerprint density at radius 1 is 1.00 bits per heavy atom. The molecule has 0 radical (unpaired) electrons. The van der Waals surface area contributed by atoms with Crippen LogP contribution in [0.3, 0.4) is 0 Å². The first kappa shape index (κ1) is 11.0. The zero-order chi connectivity index (χ0) is 12.4. The fourth-order valence-corrected chi connectivity index (χ4v) is 2.12. The first-order valence-corrected chi connectivity index (χ1v) is 5.96. The van der Waals surface area contributed by atoms with Crippen molar-refractivity contribution in [3.05, 3.63) is 66.1 Å². The molecule has 3 aromatic rings. The Labute approximate surface area is 105 Å². The number of aliphatic hydroxyl groups excluding tert-OH is 1. The molecule has 1 aromatic carbocycles. The minimum absolute atomic E-state index is 0.0561. The average molecular weight is 238 g/mol. The van der Waals surface area contributed by atoms with Gasteiger partial charge in [-0.1, -0.05) is 24.3 Å². The highest BCUT2D eigenvalue weighted by Gasteiger charge is 2.02. The number of para-hydroxylation sites is 1. The SMILES string of the molecule is OCc1cccn1Cc1ccc2ccccc2n1. The Balaban J connectivity index is 1.95. The smallest absolute Gasteiger partial charge is 0.0832 e. The minimum atomic E-state index is 0.0561. The molecule has 18 heavy (non-hydrogen) atoms. The number of hydrogen-bond donors (Lipinski definition) is 1. The van der Waals surface area contributed by atoms with Crippen LogP contribution < -0.4 is 0 Å². The van der Waals surface area contributed by atoms with Crippen molar-refractivity contribution in [2.24, 2.45) is 0 Å². The quantitative estimate of drug-likeness (QED) is 0.761. The van der Waals surface area contributed by atoms with Gasteiger partial charge in [-0.25, -0.2) is 0 Å². The van der Waals surface area contributed by atoms with Gasteiger partial charge in [0.1, 0.15) is 0 Å². The molecule has 3 rings (SSSR count). The number of rotatable bonds is 3. The van der Waals surface area contributed by atoms with Crippen molar-refractivity contribution >= 4 is 10.9 Å². The molecule has 0 aliphatic carbocycles. The van der Waals surface area contributed by atoms with Crippen LogP contribution >= 0.6 is 0 Å². The van der Waals surface area contributed by atoms with Crippen molar-refractivity contribution < 1.29 is 5.11 Å². The lowest BCUT2D eigenvalue weighted by Gasteiger charge is -2.07. The maximum absolute atomic E-state index is 9.22. The van der Waals surface area contributed by atoms with Gasteiger partial charge in [0, 0.05) is 17.3 Å². The molecule has 0 saturated carbocycles. The molecule has 0 unspecified atom stereocenters. The van der Waals surface area contributed by atoms with Crippen molar-refractivity contribution in [1.29, 1.82) is 0 Å². The van der Waals surface area contributed by atoms with Crippen molar-refractivity contribution in [3.63, 3.8) is 0 Å². The first-order valence-electron chi connectivity index (χ1n) is 5.96. The first-order chi connectivity index (χ1) is 8.86. The number of nitrogens with zero attached hydrogens (tertiary/aromatic N) is 2. The third-order valence-electron chi connectivity index (χ3n) is 3.07. The molecule has 2 heterocycles. The molecule has 0 aliphatic rings. The van der Waals surface area contributed by atoms with E-state index >= 15 is 0 Å². The van der Waals surface area contributed by atoms with Gasteiger partial charge < -0.3 is 9.67 Å². The zero-order valence-electron chi connectivity index (χ0n) is 9.95. The maximum Gasteiger partial charge on any atom is 0.0832 e. The summed E-state index contributed by atoms with van der Waals surface area (Å²) in [6.45, 7) is 0.744. The second-order valence-electron chi connectivity index (χ2n) is 4.28. The lowest BCUT2D eigenvalue weighted by atomic mass is 10.2. The lowest BCUT2D eigenvalue weighted by molar-refractivity contribution is 0.271. The Bertz CT molecular complexity index is 673. The molecule has 0 aliphatic heterocycles. The zero-order valence-corrected chi connectivity index (χ0v) is 9.95. The van der Waals surface area contributed by atoms with E-state index in [0.717, 1.165) is 22.3 Å². The molecule has 1 N–H and O–H groups in total. The Morgan fingerprint density at radius 2 is 1.89 bits per heavy atom. The van der Waals surface area contributed by atoms with Gasteiger partial charge in [-0.3, -0.25) is 4.98 Å². The number of pyridine rings is 1. The summed E-state index contributed by atoms with van der Waals surface area (Å²) in [5.74, 6) is 0. The second kappa shape index (κ2) is 4.63. The van der Waals surface area contributed by atoms with E-state index < -0.39 is 0 Å². The van der Waals surface area contributed by atoms with Crippen molar-refractivity contribution in [2.45, 2.75) is 13.2 Å². The normalized spacial score (nSPS) is 10.9. The molecule has 90 valence electrons. The molecule has 3 nitrogen and oxygen atoms in total. The summed E-state index contributed by atoms with van der Waals surface area (Å²) in [4.78, 5) is 4.62. The summed E-state index contributed by atoms with van der Waals surface area (Å²) >= 11 is 0. The van der Waals surface area contributed by atoms with Crippen LogP contribution in [0, 0.1) is 0 Å². The summed E-state index contributed by atoms with van der Waals surface area (Å²) in [7, 11) is 0. The molecule has 0 atom stereocenters. The fourth-order valence-electron chi connectivity index (χ4n) is 2.12. The molecule has 2 aromatic heterocycles. The topological polar surface area (TPSA) is 38.0 Å². The van der Waals surface area contributed by atoms with Crippen molar-refractivity contribution in [1.82, 2.24) is 9.55 Å². The van der Waals surface area contributed by atoms with Crippen LogP contribution in [0.25, 0.3) is 10.9 Å². The monoisotopic (exact) mass is 238 g/mol. The van der Waals surface area contributed by atoms with Crippen LogP contribution in [0.2, 0.25) is 0 Å². The summed E-state index contributed by atoms with van der Waals surface area (Å²) in [5, 5.41) is 10.4. The second-order valence-corrected chi connectivity index (χ2v) is 4.28. The highest BCUT2D eigenvalue weighted by molar-refractivity contribution is 5.78. The van der Waals surface area contributed by atoms with Crippen LogP contribution in [0.5, 0.6) is 0 Å². The molecular weight excluding hydrogens is 224 g/mol. The Kier molecular flexibility index (Phi) is 2.82. The van der Waals surface area contributed by atoms with Gasteiger partial charge in [-0.15, -0.1) is 0 Å². The average Bonchev–Trinajstić information content (AvgIpc) is 2.86. The molecule has 3 heteroatoms. The molecule has 0 fully saturated rings. The molecular formula is C15H14N2O. The summed E-state index contributed by atoms with van der Waals surface area (Å²) in [5.41, 5.74) is 2.91. The van der Waals surface area contributed by atoms with Gasteiger partial charge in [-0.05, 0) is 24.3 Å². The number of aromatic nitrogens is 2. The van der Waals surface area contributed by atoms with E-state index in [0.29, 0.717) is 6.54 Å². The summed E-state index contributed by atoms with van der Waals surface area (Å²) < 4.78 is 2.01. The molecule has 0 amide bonds. The third kappa shape index (κ3) is 2.00. The van der Waals surface area contributed by atoms with Crippen molar-refractivity contribution in [3.8, 4) is 0 Å². The Hall–Kier alpha value is -2.13. The lowest BCUT2D eigenvalue weighted by Crippen LogP contribution is -2.04. The summed E-state index contributed by atoms with van der Waals surface area (Å²) in [6, 6.07) is 16.0. The van der Waals surface area contributed by atoms with Gasteiger partial charge in [0.15, 0.2) is 0 Å². The molecule has 0 bridgehead atoms. The van der Waals surface area contributed by atoms with Gasteiger partial charge in [0.25, 0.3) is 0 Å². The highest BCUT2D eigenvalue weighted by atomic mass is 16.3. The van der Waals surface area contributed by atoms with E-state index in [2.05, 4.69) is 17.1 Å². The van der Waals surface area contributed by atoms with Gasteiger partial charge in [0.05, 0.1) is 24.4 Å². The molecule has 0 spiro atoms.